The second-order valence-corrected chi connectivity index (χ2v) is 6.10. The molecule has 1 aliphatic heterocycles. The molecule has 128 valence electrons. The summed E-state index contributed by atoms with van der Waals surface area (Å²) in [7, 11) is 1.79. The third-order valence-corrected chi connectivity index (χ3v) is 4.10. The minimum atomic E-state index is -1.15. The summed E-state index contributed by atoms with van der Waals surface area (Å²) in [6.07, 6.45) is 2.97. The molecule has 3 rings (SSSR count). The first kappa shape index (κ1) is 16.3. The van der Waals surface area contributed by atoms with E-state index < -0.39 is 5.60 Å². The van der Waals surface area contributed by atoms with Gasteiger partial charge in [0.05, 0.1) is 19.4 Å². The Hall–Kier alpha value is -2.61. The van der Waals surface area contributed by atoms with Crippen LogP contribution < -0.4 is 10.2 Å². The highest BCUT2D eigenvalue weighted by Gasteiger charge is 2.26. The van der Waals surface area contributed by atoms with Gasteiger partial charge < -0.3 is 24.6 Å². The Balaban J connectivity index is 1.66. The van der Waals surface area contributed by atoms with Crippen LogP contribution in [0.2, 0.25) is 0 Å². The van der Waals surface area contributed by atoms with Crippen molar-refractivity contribution < 1.29 is 14.3 Å². The van der Waals surface area contributed by atoms with E-state index in [-0.39, 0.29) is 12.5 Å². The van der Waals surface area contributed by atoms with E-state index in [2.05, 4.69) is 15.3 Å². The van der Waals surface area contributed by atoms with Gasteiger partial charge in [-0.25, -0.2) is 9.97 Å². The number of hydrogen-bond acceptors (Lipinski definition) is 7. The number of furan rings is 1. The summed E-state index contributed by atoms with van der Waals surface area (Å²) in [5.41, 5.74) is -1.15. The van der Waals surface area contributed by atoms with Crippen LogP contribution in [0.4, 0.5) is 11.6 Å². The zero-order valence-electron chi connectivity index (χ0n) is 13.8. The van der Waals surface area contributed by atoms with Crippen LogP contribution in [0, 0.1) is 0 Å². The summed E-state index contributed by atoms with van der Waals surface area (Å²) < 4.78 is 5.25. The van der Waals surface area contributed by atoms with Gasteiger partial charge in [-0.05, 0) is 19.1 Å². The Morgan fingerprint density at radius 1 is 1.42 bits per heavy atom. The van der Waals surface area contributed by atoms with Crippen molar-refractivity contribution in [3.63, 3.8) is 0 Å². The molecule has 0 saturated carbocycles. The van der Waals surface area contributed by atoms with Crippen LogP contribution in [0.1, 0.15) is 12.7 Å². The molecular weight excluding hydrogens is 310 g/mol. The van der Waals surface area contributed by atoms with Gasteiger partial charge in [-0.2, -0.15) is 0 Å². The first-order chi connectivity index (χ1) is 11.5. The van der Waals surface area contributed by atoms with E-state index in [0.717, 1.165) is 6.54 Å². The van der Waals surface area contributed by atoms with Gasteiger partial charge in [-0.1, -0.05) is 0 Å². The average molecular weight is 331 g/mol. The first-order valence-electron chi connectivity index (χ1n) is 7.77. The smallest absolute Gasteiger partial charge is 0.241 e. The van der Waals surface area contributed by atoms with E-state index >= 15 is 0 Å². The topological polar surface area (TPSA) is 94.7 Å². The van der Waals surface area contributed by atoms with Crippen molar-refractivity contribution in [3.8, 4) is 0 Å². The second kappa shape index (κ2) is 6.48. The van der Waals surface area contributed by atoms with E-state index in [4.69, 9.17) is 4.42 Å². The number of hydrogen-bond donors (Lipinski definition) is 2. The number of carbonyl (C=O) groups is 1. The predicted molar refractivity (Wildman–Crippen MR) is 88.7 cm³/mol. The van der Waals surface area contributed by atoms with Gasteiger partial charge in [0.25, 0.3) is 0 Å². The fraction of sp³-hybridized carbons (Fsp3) is 0.438. The number of aromatic nitrogens is 2. The molecule has 2 N–H and O–H groups in total. The molecule has 0 spiro atoms. The highest BCUT2D eigenvalue weighted by atomic mass is 16.4. The number of rotatable bonds is 5. The fourth-order valence-electron chi connectivity index (χ4n) is 2.51. The first-order valence-corrected chi connectivity index (χ1v) is 7.77. The zero-order chi connectivity index (χ0) is 17.2. The number of amides is 1. The summed E-state index contributed by atoms with van der Waals surface area (Å²) in [4.78, 5) is 23.9. The Labute approximate surface area is 140 Å². The largest absolute Gasteiger partial charge is 0.466 e. The van der Waals surface area contributed by atoms with Gasteiger partial charge in [0.2, 0.25) is 5.91 Å². The van der Waals surface area contributed by atoms with Crippen LogP contribution in [-0.2, 0) is 10.4 Å². The monoisotopic (exact) mass is 331 g/mol. The van der Waals surface area contributed by atoms with Crippen molar-refractivity contribution in [3.05, 3.63) is 36.5 Å². The minimum Gasteiger partial charge on any atom is -0.466 e. The van der Waals surface area contributed by atoms with Crippen LogP contribution in [0.5, 0.6) is 0 Å². The molecule has 1 amide bonds. The van der Waals surface area contributed by atoms with Crippen molar-refractivity contribution >= 4 is 17.5 Å². The van der Waals surface area contributed by atoms with Gasteiger partial charge in [0.1, 0.15) is 29.3 Å². The number of nitrogens with one attached hydrogen (secondary N) is 1. The molecule has 0 aliphatic carbocycles. The van der Waals surface area contributed by atoms with Crippen LogP contribution in [0.15, 0.2) is 35.2 Å². The quantitative estimate of drug-likeness (QED) is 0.831. The Bertz CT molecular complexity index is 701. The molecular formula is C16H21N5O3. The Kier molecular flexibility index (Phi) is 4.39. The highest BCUT2D eigenvalue weighted by molar-refractivity contribution is 5.82. The molecule has 0 aromatic carbocycles. The lowest BCUT2D eigenvalue weighted by Crippen LogP contribution is -2.48. The maximum absolute atomic E-state index is 11.8. The lowest BCUT2D eigenvalue weighted by molar-refractivity contribution is -0.129. The molecule has 3 heterocycles. The van der Waals surface area contributed by atoms with Crippen molar-refractivity contribution in [2.45, 2.75) is 12.5 Å². The summed E-state index contributed by atoms with van der Waals surface area (Å²) in [6.45, 7) is 3.59. The van der Waals surface area contributed by atoms with Crippen molar-refractivity contribution in [2.24, 2.45) is 0 Å². The van der Waals surface area contributed by atoms with Crippen molar-refractivity contribution in [2.75, 3.05) is 43.4 Å². The summed E-state index contributed by atoms with van der Waals surface area (Å²) in [6, 6.07) is 5.23. The fourth-order valence-corrected chi connectivity index (χ4v) is 2.51. The molecule has 1 fully saturated rings. The molecule has 1 saturated heterocycles. The van der Waals surface area contributed by atoms with E-state index in [1.807, 2.05) is 4.90 Å². The SMILES string of the molecule is CN1CCN(c2cc(NCC(C)(O)c3ccco3)ncn2)CC1=O. The molecule has 0 radical (unpaired) electrons. The third-order valence-electron chi connectivity index (χ3n) is 4.10. The molecule has 0 bridgehead atoms. The van der Waals surface area contributed by atoms with E-state index in [0.29, 0.717) is 30.5 Å². The maximum Gasteiger partial charge on any atom is 0.241 e. The van der Waals surface area contributed by atoms with Gasteiger partial charge in [-0.15, -0.1) is 0 Å². The highest BCUT2D eigenvalue weighted by Crippen LogP contribution is 2.22. The van der Waals surface area contributed by atoms with Crippen LogP contribution in [0.25, 0.3) is 0 Å². The predicted octanol–water partition coefficient (Wildman–Crippen LogP) is 0.668. The summed E-state index contributed by atoms with van der Waals surface area (Å²) in [5, 5.41) is 13.5. The number of piperazine rings is 1. The number of nitrogens with zero attached hydrogens (tertiary/aromatic N) is 4. The second-order valence-electron chi connectivity index (χ2n) is 6.10. The molecule has 2 aromatic rings. The van der Waals surface area contributed by atoms with Gasteiger partial charge in [0, 0.05) is 26.2 Å². The van der Waals surface area contributed by atoms with E-state index in [1.54, 1.807) is 37.1 Å². The molecule has 1 unspecified atom stereocenters. The van der Waals surface area contributed by atoms with Crippen molar-refractivity contribution in [1.82, 2.24) is 14.9 Å². The number of anilines is 2. The van der Waals surface area contributed by atoms with Crippen LogP contribution in [-0.4, -0.2) is 59.1 Å². The molecule has 2 aromatic heterocycles. The van der Waals surface area contributed by atoms with Crippen LogP contribution >= 0.6 is 0 Å². The molecule has 8 heteroatoms. The standard InChI is InChI=1S/C16H21N5O3/c1-16(23,12-4-3-7-24-12)10-17-13-8-14(19-11-18-13)21-6-5-20(2)15(22)9-21/h3-4,7-8,11,23H,5-6,9-10H2,1-2H3,(H,17,18,19). The van der Waals surface area contributed by atoms with Crippen molar-refractivity contribution in [1.29, 1.82) is 0 Å². The summed E-state index contributed by atoms with van der Waals surface area (Å²) in [5.74, 6) is 1.81. The lowest BCUT2D eigenvalue weighted by atomic mass is 10.0. The Morgan fingerprint density at radius 2 is 2.25 bits per heavy atom. The normalized spacial score (nSPS) is 17.7. The van der Waals surface area contributed by atoms with Crippen LogP contribution in [0.3, 0.4) is 0 Å². The average Bonchev–Trinajstić information content (AvgIpc) is 3.11. The van der Waals surface area contributed by atoms with E-state index in [9.17, 15) is 9.90 Å². The van der Waals surface area contributed by atoms with E-state index in [1.165, 1.54) is 12.6 Å². The number of carbonyl (C=O) groups excluding carboxylic acids is 1. The van der Waals surface area contributed by atoms with Gasteiger partial charge >= 0.3 is 0 Å². The van der Waals surface area contributed by atoms with Gasteiger partial charge in [-0.3, -0.25) is 4.79 Å². The lowest BCUT2D eigenvalue weighted by Gasteiger charge is -2.32. The number of aliphatic hydroxyl groups is 1. The van der Waals surface area contributed by atoms with Gasteiger partial charge in [0.15, 0.2) is 0 Å². The molecule has 24 heavy (non-hydrogen) atoms. The molecule has 1 aliphatic rings. The molecule has 1 atom stereocenters. The zero-order valence-corrected chi connectivity index (χ0v) is 13.8. The maximum atomic E-state index is 11.8. The summed E-state index contributed by atoms with van der Waals surface area (Å²) >= 11 is 0. The minimum absolute atomic E-state index is 0.0649. The molecule has 8 nitrogen and oxygen atoms in total. The number of likely N-dealkylation sites (N-methyl/N-ethyl adjacent to an activating group) is 1. The third kappa shape index (κ3) is 3.48. The Morgan fingerprint density at radius 3 is 2.96 bits per heavy atom.